The Morgan fingerprint density at radius 3 is 2.11 bits per heavy atom. The van der Waals surface area contributed by atoms with E-state index in [1.54, 1.807) is 30.5 Å². The zero-order valence-corrected chi connectivity index (χ0v) is 18.9. The molecule has 0 saturated heterocycles. The molecule has 0 aliphatic carbocycles. The molecule has 2 aromatic heterocycles. The van der Waals surface area contributed by atoms with Crippen LogP contribution in [0.1, 0.15) is 11.1 Å². The summed E-state index contributed by atoms with van der Waals surface area (Å²) in [7, 11) is 0. The standard InChI is InChI=1S/C21H15F6N7OS/c1-36-19-30-15(28)9-16(31-19)35-14-4-2-10(3-5-14)17-32-18(34-33-17)29-13-7-11(20(22,23)24)6-12(8-13)21(25,26)27/h2-9H,1H3,(H2,28,30,31)(H2,29,32,33,34). The molecule has 36 heavy (non-hydrogen) atoms. The maximum absolute atomic E-state index is 13.1. The Hall–Kier alpha value is -4.01. The summed E-state index contributed by atoms with van der Waals surface area (Å²) in [6.45, 7) is 0. The maximum atomic E-state index is 13.1. The van der Waals surface area contributed by atoms with Gasteiger partial charge in [0.05, 0.1) is 11.1 Å². The Morgan fingerprint density at radius 1 is 0.889 bits per heavy atom. The maximum Gasteiger partial charge on any atom is 0.416 e. The van der Waals surface area contributed by atoms with E-state index in [1.165, 1.54) is 17.8 Å². The highest BCUT2D eigenvalue weighted by Crippen LogP contribution is 2.38. The highest BCUT2D eigenvalue weighted by atomic mass is 32.2. The molecule has 0 unspecified atom stereocenters. The van der Waals surface area contributed by atoms with Crippen LogP contribution in [0.5, 0.6) is 11.6 Å². The molecular formula is C21H15F6N7OS. The van der Waals surface area contributed by atoms with Crippen molar-refractivity contribution in [1.82, 2.24) is 25.1 Å². The fourth-order valence-corrected chi connectivity index (χ4v) is 3.36. The molecule has 0 saturated carbocycles. The van der Waals surface area contributed by atoms with Crippen molar-refractivity contribution >= 4 is 29.2 Å². The minimum atomic E-state index is -4.97. The molecule has 0 spiro atoms. The van der Waals surface area contributed by atoms with Gasteiger partial charge in [0.1, 0.15) is 11.6 Å². The summed E-state index contributed by atoms with van der Waals surface area (Å²) in [6.07, 6.45) is -8.15. The first kappa shape index (κ1) is 25.1. The number of aromatic nitrogens is 5. The highest BCUT2D eigenvalue weighted by Gasteiger charge is 2.37. The summed E-state index contributed by atoms with van der Waals surface area (Å²) in [5.41, 5.74) is 2.88. The number of anilines is 3. The molecule has 0 radical (unpaired) electrons. The highest BCUT2D eigenvalue weighted by molar-refractivity contribution is 7.98. The van der Waals surface area contributed by atoms with E-state index in [0.717, 1.165) is 0 Å². The van der Waals surface area contributed by atoms with Crippen molar-refractivity contribution in [3.63, 3.8) is 0 Å². The van der Waals surface area contributed by atoms with Gasteiger partial charge in [0, 0.05) is 17.3 Å². The number of hydrogen-bond acceptors (Lipinski definition) is 8. The van der Waals surface area contributed by atoms with Crippen LogP contribution in [-0.2, 0) is 12.4 Å². The lowest BCUT2D eigenvalue weighted by Crippen LogP contribution is -2.11. The summed E-state index contributed by atoms with van der Waals surface area (Å²) >= 11 is 1.30. The van der Waals surface area contributed by atoms with Gasteiger partial charge in [-0.3, -0.25) is 0 Å². The van der Waals surface area contributed by atoms with Gasteiger partial charge in [0.25, 0.3) is 0 Å². The van der Waals surface area contributed by atoms with E-state index in [2.05, 4.69) is 30.5 Å². The van der Waals surface area contributed by atoms with Gasteiger partial charge in [-0.2, -0.15) is 31.3 Å². The van der Waals surface area contributed by atoms with Crippen LogP contribution < -0.4 is 15.8 Å². The van der Waals surface area contributed by atoms with Gasteiger partial charge in [0.2, 0.25) is 11.8 Å². The van der Waals surface area contributed by atoms with Crippen molar-refractivity contribution < 1.29 is 31.1 Å². The molecule has 0 fully saturated rings. The SMILES string of the molecule is CSc1nc(N)cc(Oc2ccc(-c3nnc(Nc4cc(C(F)(F)F)cc(C(F)(F)F)c4)[nH]3)cc2)n1. The summed E-state index contributed by atoms with van der Waals surface area (Å²) in [5.74, 6) is 0.961. The van der Waals surface area contributed by atoms with Crippen molar-refractivity contribution in [2.75, 3.05) is 17.3 Å². The van der Waals surface area contributed by atoms with E-state index < -0.39 is 29.2 Å². The second-order valence-corrected chi connectivity index (χ2v) is 7.96. The van der Waals surface area contributed by atoms with Crippen molar-refractivity contribution in [1.29, 1.82) is 0 Å². The number of aromatic amines is 1. The van der Waals surface area contributed by atoms with Crippen molar-refractivity contribution in [2.45, 2.75) is 17.5 Å². The van der Waals surface area contributed by atoms with E-state index in [1.807, 2.05) is 0 Å². The van der Waals surface area contributed by atoms with Crippen LogP contribution in [0, 0.1) is 0 Å². The molecule has 2 heterocycles. The van der Waals surface area contributed by atoms with Crippen LogP contribution in [0.15, 0.2) is 53.7 Å². The molecule has 4 N–H and O–H groups in total. The van der Waals surface area contributed by atoms with E-state index in [0.29, 0.717) is 28.6 Å². The monoisotopic (exact) mass is 527 g/mol. The van der Waals surface area contributed by atoms with Gasteiger partial charge in [-0.1, -0.05) is 11.8 Å². The average molecular weight is 527 g/mol. The number of H-pyrrole nitrogens is 1. The molecule has 4 aromatic rings. The van der Waals surface area contributed by atoms with Crippen LogP contribution in [-0.4, -0.2) is 31.4 Å². The van der Waals surface area contributed by atoms with Crippen LogP contribution in [0.3, 0.4) is 0 Å². The molecule has 0 aliphatic heterocycles. The molecule has 0 bridgehead atoms. The first-order valence-electron chi connectivity index (χ1n) is 9.87. The molecule has 4 rings (SSSR count). The normalized spacial score (nSPS) is 12.0. The molecule has 15 heteroatoms. The van der Waals surface area contributed by atoms with E-state index in [-0.39, 0.29) is 29.5 Å². The largest absolute Gasteiger partial charge is 0.439 e. The van der Waals surface area contributed by atoms with Crippen LogP contribution in [0.2, 0.25) is 0 Å². The number of thioether (sulfide) groups is 1. The Bertz CT molecular complexity index is 1340. The predicted molar refractivity (Wildman–Crippen MR) is 120 cm³/mol. The van der Waals surface area contributed by atoms with Crippen LogP contribution >= 0.6 is 11.8 Å². The van der Waals surface area contributed by atoms with Crippen molar-refractivity contribution in [3.8, 4) is 23.0 Å². The van der Waals surface area contributed by atoms with Crippen LogP contribution in [0.25, 0.3) is 11.4 Å². The Balaban J connectivity index is 1.52. The minimum absolute atomic E-state index is 0.0400. The van der Waals surface area contributed by atoms with Crippen molar-refractivity contribution in [2.24, 2.45) is 0 Å². The third kappa shape index (κ3) is 5.97. The number of nitrogens with one attached hydrogen (secondary N) is 2. The van der Waals surface area contributed by atoms with E-state index >= 15 is 0 Å². The Kier molecular flexibility index (Phi) is 6.67. The summed E-state index contributed by atoms with van der Waals surface area (Å²) < 4.78 is 84.1. The lowest BCUT2D eigenvalue weighted by molar-refractivity contribution is -0.143. The fraction of sp³-hybridized carbons (Fsp3) is 0.143. The Morgan fingerprint density at radius 2 is 1.53 bits per heavy atom. The molecule has 0 aliphatic rings. The van der Waals surface area contributed by atoms with Gasteiger partial charge in [-0.05, 0) is 48.7 Å². The van der Waals surface area contributed by atoms with Gasteiger partial charge >= 0.3 is 12.4 Å². The first-order valence-corrected chi connectivity index (χ1v) is 11.1. The van der Waals surface area contributed by atoms with Gasteiger partial charge in [0.15, 0.2) is 11.0 Å². The topological polar surface area (TPSA) is 115 Å². The zero-order valence-electron chi connectivity index (χ0n) is 18.1. The van der Waals surface area contributed by atoms with Gasteiger partial charge in [-0.25, -0.2) is 4.98 Å². The number of hydrogen-bond donors (Lipinski definition) is 3. The predicted octanol–water partition coefficient (Wildman–Crippen LogP) is 6.14. The lowest BCUT2D eigenvalue weighted by Gasteiger charge is -2.14. The Labute approximate surface area is 203 Å². The second kappa shape index (κ2) is 9.56. The smallest absolute Gasteiger partial charge is 0.416 e. The summed E-state index contributed by atoms with van der Waals surface area (Å²) in [6, 6.07) is 9.03. The van der Waals surface area contributed by atoms with Gasteiger partial charge in [-0.15, -0.1) is 10.2 Å². The number of nitrogens with zero attached hydrogens (tertiary/aromatic N) is 4. The minimum Gasteiger partial charge on any atom is -0.439 e. The number of rotatable bonds is 6. The van der Waals surface area contributed by atoms with Gasteiger partial charge < -0.3 is 20.8 Å². The molecule has 0 atom stereocenters. The number of alkyl halides is 6. The number of benzene rings is 2. The number of nitrogen functional groups attached to an aromatic ring is 1. The molecule has 0 amide bonds. The third-order valence-corrected chi connectivity index (χ3v) is 5.12. The number of ether oxygens (including phenoxy) is 1. The summed E-state index contributed by atoms with van der Waals surface area (Å²) in [4.78, 5) is 10.9. The molecule has 2 aromatic carbocycles. The average Bonchev–Trinajstić information content (AvgIpc) is 3.26. The second-order valence-electron chi connectivity index (χ2n) is 7.19. The van der Waals surface area contributed by atoms with Crippen LogP contribution in [0.4, 0.5) is 43.8 Å². The van der Waals surface area contributed by atoms with Crippen molar-refractivity contribution in [3.05, 3.63) is 59.7 Å². The zero-order chi connectivity index (χ0) is 26.1. The van der Waals surface area contributed by atoms with E-state index in [4.69, 9.17) is 10.5 Å². The first-order chi connectivity index (χ1) is 16.9. The third-order valence-electron chi connectivity index (χ3n) is 4.57. The lowest BCUT2D eigenvalue weighted by atomic mass is 10.1. The molecule has 188 valence electrons. The summed E-state index contributed by atoms with van der Waals surface area (Å²) in [5, 5.41) is 10.5. The quantitative estimate of drug-likeness (QED) is 0.156. The fourth-order valence-electron chi connectivity index (χ4n) is 2.98. The number of halogens is 6. The molecule has 8 nitrogen and oxygen atoms in total. The van der Waals surface area contributed by atoms with E-state index in [9.17, 15) is 26.3 Å². The number of nitrogens with two attached hydrogens (primary N) is 1. The molecular weight excluding hydrogens is 512 g/mol.